The van der Waals surface area contributed by atoms with Crippen LogP contribution in [-0.2, 0) is 0 Å². The first-order valence-electron chi connectivity index (χ1n) is 8.97. The van der Waals surface area contributed by atoms with Crippen molar-refractivity contribution in [3.05, 3.63) is 0 Å². The van der Waals surface area contributed by atoms with Gasteiger partial charge in [0.1, 0.15) is 0 Å². The first kappa shape index (κ1) is 23.1. The molecule has 0 bridgehead atoms. The molecule has 0 atom stereocenters. The minimum Gasteiger partial charge on any atom is -0.870 e. The molecule has 4 nitrogen and oxygen atoms in total. The third-order valence-corrected chi connectivity index (χ3v) is 3.94. The van der Waals surface area contributed by atoms with Gasteiger partial charge in [0.15, 0.2) is 0 Å². The molecule has 0 unspecified atom stereocenters. The number of unbranched alkanes of at least 4 members (excludes halogenated alkanes) is 13. The summed E-state index contributed by atoms with van der Waals surface area (Å²) in [4.78, 5) is 0. The van der Waals surface area contributed by atoms with Crippen molar-refractivity contribution < 1.29 is 21.0 Å². The number of hydrogen-bond acceptors (Lipinski definition) is 3. The average molecular weight is 306 g/mol. The zero-order valence-electron chi connectivity index (χ0n) is 14.1. The molecule has 130 valence electrons. The monoisotopic (exact) mass is 305 g/mol. The molecule has 0 aliphatic rings. The summed E-state index contributed by atoms with van der Waals surface area (Å²) >= 11 is 0. The highest BCUT2D eigenvalue weighted by Gasteiger charge is 1.98. The Bertz CT molecular complexity index is 177. The highest BCUT2D eigenvalue weighted by Crippen LogP contribution is 2.12. The predicted molar refractivity (Wildman–Crippen MR) is 87.3 cm³/mol. The van der Waals surface area contributed by atoms with Gasteiger partial charge in [-0.25, -0.2) is 0 Å². The Labute approximate surface area is 131 Å². The third-order valence-electron chi connectivity index (χ3n) is 3.94. The first-order chi connectivity index (χ1) is 9.77. The van der Waals surface area contributed by atoms with Gasteiger partial charge in [0.2, 0.25) is 0 Å². The number of quaternary nitrogens is 1. The van der Waals surface area contributed by atoms with Crippen LogP contribution >= 0.6 is 0 Å². The maximum absolute atomic E-state index is 8.66. The van der Waals surface area contributed by atoms with Gasteiger partial charge in [0.05, 0.1) is 6.54 Å². The van der Waals surface area contributed by atoms with Gasteiger partial charge in [-0.3, -0.25) is 5.32 Å². The average Bonchev–Trinajstić information content (AvgIpc) is 2.43. The zero-order valence-corrected chi connectivity index (χ0v) is 14.1. The lowest BCUT2D eigenvalue weighted by molar-refractivity contribution is -0.762. The van der Waals surface area contributed by atoms with Crippen LogP contribution in [0.2, 0.25) is 0 Å². The number of aliphatic hydroxyl groups is 2. The summed E-state index contributed by atoms with van der Waals surface area (Å²) in [6.45, 7) is 3.10. The minimum absolute atomic E-state index is 0. The second kappa shape index (κ2) is 19.8. The molecule has 0 aromatic heterocycles. The van der Waals surface area contributed by atoms with E-state index >= 15 is 0 Å². The molecule has 0 heterocycles. The maximum atomic E-state index is 8.66. The Balaban J connectivity index is 0. The molecule has 4 heteroatoms. The standard InChI is InChI=1S/C17H37NO2.H2O/c1-2-3-4-5-6-7-8-9-10-11-12-13-14-15-16-18-17(19)20;/h17-20H,2-16H2,1H3;1H2. The molecule has 0 fully saturated rings. The van der Waals surface area contributed by atoms with E-state index in [1.165, 1.54) is 83.5 Å². The molecule has 0 saturated heterocycles. The second-order valence-corrected chi connectivity index (χ2v) is 6.03. The Morgan fingerprint density at radius 3 is 1.29 bits per heavy atom. The van der Waals surface area contributed by atoms with E-state index in [4.69, 9.17) is 10.2 Å². The highest BCUT2D eigenvalue weighted by atomic mass is 16.5. The van der Waals surface area contributed by atoms with E-state index in [0.717, 1.165) is 13.0 Å². The van der Waals surface area contributed by atoms with E-state index in [-0.39, 0.29) is 5.48 Å². The minimum atomic E-state index is -1.23. The predicted octanol–water partition coefficient (Wildman–Crippen LogP) is 3.12. The molecular formula is C17H39NO3. The highest BCUT2D eigenvalue weighted by molar-refractivity contribution is 4.48. The van der Waals surface area contributed by atoms with Crippen molar-refractivity contribution in [2.75, 3.05) is 6.54 Å². The summed E-state index contributed by atoms with van der Waals surface area (Å²) < 4.78 is 0. The molecule has 0 saturated carbocycles. The summed E-state index contributed by atoms with van der Waals surface area (Å²) in [5.41, 5.74) is 0. The number of aliphatic hydroxyl groups excluding tert-OH is 1. The van der Waals surface area contributed by atoms with Crippen LogP contribution in [0.25, 0.3) is 0 Å². The van der Waals surface area contributed by atoms with Crippen molar-refractivity contribution in [2.24, 2.45) is 0 Å². The molecule has 0 radical (unpaired) electrons. The van der Waals surface area contributed by atoms with Crippen molar-refractivity contribution in [3.8, 4) is 0 Å². The fourth-order valence-electron chi connectivity index (χ4n) is 2.61. The van der Waals surface area contributed by atoms with Crippen LogP contribution in [0.3, 0.4) is 0 Å². The van der Waals surface area contributed by atoms with Gasteiger partial charge in [0, 0.05) is 0 Å². The van der Waals surface area contributed by atoms with E-state index in [0.29, 0.717) is 0 Å². The fourth-order valence-corrected chi connectivity index (χ4v) is 2.61. The van der Waals surface area contributed by atoms with E-state index in [2.05, 4.69) is 6.92 Å². The van der Waals surface area contributed by atoms with E-state index in [9.17, 15) is 0 Å². The maximum Gasteiger partial charge on any atom is 0.300 e. The molecule has 21 heavy (non-hydrogen) atoms. The second-order valence-electron chi connectivity index (χ2n) is 6.03. The van der Waals surface area contributed by atoms with Gasteiger partial charge in [-0.15, -0.1) is 0 Å². The molecule has 0 aromatic carbocycles. The zero-order chi connectivity index (χ0) is 14.9. The van der Waals surface area contributed by atoms with Crippen LogP contribution in [0.5, 0.6) is 0 Å². The largest absolute Gasteiger partial charge is 0.870 e. The summed E-state index contributed by atoms with van der Waals surface area (Å²) in [5.74, 6) is 0. The quantitative estimate of drug-likeness (QED) is 0.302. The van der Waals surface area contributed by atoms with Gasteiger partial charge < -0.3 is 15.7 Å². The van der Waals surface area contributed by atoms with Crippen LogP contribution in [0, 0.1) is 0 Å². The Morgan fingerprint density at radius 2 is 0.952 bits per heavy atom. The van der Waals surface area contributed by atoms with Crippen LogP contribution in [0.15, 0.2) is 0 Å². The lowest BCUT2D eigenvalue weighted by Gasteiger charge is -2.04. The lowest BCUT2D eigenvalue weighted by atomic mass is 10.0. The summed E-state index contributed by atoms with van der Waals surface area (Å²) in [6, 6.07) is 0. The Hall–Kier alpha value is -0.160. The number of rotatable bonds is 16. The van der Waals surface area contributed by atoms with Gasteiger partial charge in [-0.2, -0.15) is 0 Å². The van der Waals surface area contributed by atoms with Gasteiger partial charge in [-0.1, -0.05) is 84.0 Å². The SMILES string of the molecule is CCCCCCCCCCCCCCCC[NH2+]C(O)O.[OH-]. The number of nitrogens with two attached hydrogens (primary N) is 1. The molecule has 0 aliphatic carbocycles. The van der Waals surface area contributed by atoms with E-state index < -0.39 is 6.41 Å². The smallest absolute Gasteiger partial charge is 0.300 e. The van der Waals surface area contributed by atoms with Gasteiger partial charge in [-0.05, 0) is 12.8 Å². The van der Waals surface area contributed by atoms with E-state index in [1.54, 1.807) is 5.32 Å². The summed E-state index contributed by atoms with van der Waals surface area (Å²) in [5, 5.41) is 18.9. The number of hydrogen-bond donors (Lipinski definition) is 3. The van der Waals surface area contributed by atoms with Crippen LogP contribution in [0.4, 0.5) is 0 Å². The molecule has 0 aromatic rings. The molecular weight excluding hydrogens is 266 g/mol. The topological polar surface area (TPSA) is 87.1 Å². The fraction of sp³-hybridized carbons (Fsp3) is 1.00. The normalized spacial score (nSPS) is 10.9. The Kier molecular flexibility index (Phi) is 21.8. The molecule has 0 amide bonds. The molecule has 0 rings (SSSR count). The van der Waals surface area contributed by atoms with Crippen molar-refractivity contribution in [1.82, 2.24) is 0 Å². The summed E-state index contributed by atoms with van der Waals surface area (Å²) in [6.07, 6.45) is 17.8. The van der Waals surface area contributed by atoms with Crippen LogP contribution in [0.1, 0.15) is 96.8 Å². The van der Waals surface area contributed by atoms with Gasteiger partial charge in [0.25, 0.3) is 0 Å². The van der Waals surface area contributed by atoms with E-state index in [1.807, 2.05) is 0 Å². The van der Waals surface area contributed by atoms with Crippen LogP contribution in [-0.4, -0.2) is 28.6 Å². The van der Waals surface area contributed by atoms with Crippen molar-refractivity contribution in [3.63, 3.8) is 0 Å². The third kappa shape index (κ3) is 22.3. The lowest BCUT2D eigenvalue weighted by Crippen LogP contribution is -2.90. The van der Waals surface area contributed by atoms with Crippen molar-refractivity contribution in [2.45, 2.75) is 103 Å². The summed E-state index contributed by atoms with van der Waals surface area (Å²) in [7, 11) is 0. The van der Waals surface area contributed by atoms with Crippen molar-refractivity contribution in [1.29, 1.82) is 0 Å². The van der Waals surface area contributed by atoms with Crippen molar-refractivity contribution >= 4 is 0 Å². The van der Waals surface area contributed by atoms with Gasteiger partial charge >= 0.3 is 6.41 Å². The first-order valence-corrected chi connectivity index (χ1v) is 8.97. The molecule has 5 N–H and O–H groups in total. The Morgan fingerprint density at radius 1 is 0.619 bits per heavy atom. The van der Waals surface area contributed by atoms with Crippen LogP contribution < -0.4 is 5.32 Å². The molecule has 0 spiro atoms. The molecule has 0 aliphatic heterocycles.